The lowest BCUT2D eigenvalue weighted by molar-refractivity contribution is -0.118. The summed E-state index contributed by atoms with van der Waals surface area (Å²) in [6.07, 6.45) is 0. The van der Waals surface area contributed by atoms with Gasteiger partial charge in [-0.15, -0.1) is 11.3 Å². The molecule has 2 N–H and O–H groups in total. The van der Waals surface area contributed by atoms with Crippen LogP contribution in [0.5, 0.6) is 5.75 Å². The third-order valence-electron chi connectivity index (χ3n) is 4.90. The summed E-state index contributed by atoms with van der Waals surface area (Å²) in [5, 5.41) is 6.08. The van der Waals surface area contributed by atoms with Gasteiger partial charge in [0.15, 0.2) is 6.61 Å². The van der Waals surface area contributed by atoms with E-state index in [2.05, 4.69) is 10.6 Å². The number of halogens is 2. The first-order valence-corrected chi connectivity index (χ1v) is 12.4. The summed E-state index contributed by atoms with van der Waals surface area (Å²) in [5.74, 6) is -2.03. The maximum atomic E-state index is 13.0. The smallest absolute Gasteiger partial charge is 0.341 e. The van der Waals surface area contributed by atoms with E-state index in [1.165, 1.54) is 31.4 Å². The Hall–Kier alpha value is -3.60. The van der Waals surface area contributed by atoms with E-state index in [1.807, 2.05) is 0 Å². The Morgan fingerprint density at radius 2 is 1.68 bits per heavy atom. The summed E-state index contributed by atoms with van der Waals surface area (Å²) in [7, 11) is 1.20. The van der Waals surface area contributed by atoms with Crippen molar-refractivity contribution in [2.24, 2.45) is 0 Å². The summed E-state index contributed by atoms with van der Waals surface area (Å²) in [6, 6.07) is 10.7. The number of nitrogens with one attached hydrogen (secondary N) is 2. The topological polar surface area (TPSA) is 120 Å². The Bertz CT molecular complexity index is 1340. The van der Waals surface area contributed by atoms with Gasteiger partial charge >= 0.3 is 11.9 Å². The van der Waals surface area contributed by atoms with Crippen LogP contribution in [0.25, 0.3) is 0 Å². The van der Waals surface area contributed by atoms with Crippen LogP contribution in [0.4, 0.5) is 10.7 Å². The fraction of sp³-hybridized carbons (Fsp3) is 0.200. The minimum atomic E-state index is -0.719. The van der Waals surface area contributed by atoms with E-state index in [1.54, 1.807) is 32.0 Å². The average Bonchev–Trinajstić information content (AvgIpc) is 3.19. The molecular weight excluding hydrogens is 543 g/mol. The van der Waals surface area contributed by atoms with Crippen molar-refractivity contribution in [2.45, 2.75) is 13.8 Å². The molecule has 0 unspecified atom stereocenters. The lowest BCUT2D eigenvalue weighted by atomic mass is 10.1. The van der Waals surface area contributed by atoms with Crippen LogP contribution in [0.3, 0.4) is 0 Å². The summed E-state index contributed by atoms with van der Waals surface area (Å²) >= 11 is 12.8. The van der Waals surface area contributed by atoms with Crippen molar-refractivity contribution >= 4 is 69.0 Å². The van der Waals surface area contributed by atoms with Crippen molar-refractivity contribution in [3.8, 4) is 5.75 Å². The molecule has 2 amide bonds. The first kappa shape index (κ1) is 28.0. The number of carbonyl (C=O) groups is 4. The molecule has 0 saturated heterocycles. The number of amides is 2. The SMILES string of the molecule is CCOC(=O)c1ccc(NC(=O)c2sc(NC(=O)COc3ccc(Cl)cc3Cl)c(C(=O)OC)c2C)cc1. The van der Waals surface area contributed by atoms with Crippen molar-refractivity contribution in [3.05, 3.63) is 74.1 Å². The van der Waals surface area contributed by atoms with E-state index in [-0.39, 0.29) is 32.8 Å². The number of benzene rings is 2. The van der Waals surface area contributed by atoms with Crippen LogP contribution in [0, 0.1) is 6.92 Å². The molecule has 2 aromatic carbocycles. The zero-order valence-electron chi connectivity index (χ0n) is 20.0. The van der Waals surface area contributed by atoms with Crippen LogP contribution in [0.15, 0.2) is 42.5 Å². The van der Waals surface area contributed by atoms with Gasteiger partial charge in [0.1, 0.15) is 10.8 Å². The lowest BCUT2D eigenvalue weighted by Gasteiger charge is -2.09. The Morgan fingerprint density at radius 3 is 2.30 bits per heavy atom. The molecule has 0 aliphatic carbocycles. The van der Waals surface area contributed by atoms with Crippen molar-refractivity contribution in [1.29, 1.82) is 0 Å². The van der Waals surface area contributed by atoms with Crippen molar-refractivity contribution in [3.63, 3.8) is 0 Å². The molecule has 0 atom stereocenters. The van der Waals surface area contributed by atoms with Gasteiger partial charge in [-0.1, -0.05) is 23.2 Å². The Balaban J connectivity index is 1.76. The van der Waals surface area contributed by atoms with E-state index < -0.39 is 30.4 Å². The fourth-order valence-electron chi connectivity index (χ4n) is 3.16. The summed E-state index contributed by atoms with van der Waals surface area (Å²) in [4.78, 5) is 50.0. The second-order valence-electron chi connectivity index (χ2n) is 7.42. The van der Waals surface area contributed by atoms with E-state index in [4.69, 9.17) is 37.4 Å². The molecule has 0 aliphatic rings. The van der Waals surface area contributed by atoms with E-state index in [0.717, 1.165) is 11.3 Å². The van der Waals surface area contributed by atoms with Gasteiger partial charge in [0.05, 0.1) is 34.7 Å². The first-order chi connectivity index (χ1) is 17.6. The van der Waals surface area contributed by atoms with Crippen LogP contribution in [-0.2, 0) is 14.3 Å². The average molecular weight is 565 g/mol. The number of ether oxygens (including phenoxy) is 3. The molecular formula is C25H22Cl2N2O7S. The highest BCUT2D eigenvalue weighted by Crippen LogP contribution is 2.34. The number of rotatable bonds is 9. The second-order valence-corrected chi connectivity index (χ2v) is 9.28. The minimum absolute atomic E-state index is 0.0492. The maximum absolute atomic E-state index is 13.0. The Morgan fingerprint density at radius 1 is 0.973 bits per heavy atom. The standard InChI is InChI=1S/C25H22Cl2N2O7S/c1-4-35-24(32)14-5-8-16(9-6-14)28-22(31)21-13(2)20(25(33)34-3)23(37-21)29-19(30)12-36-18-10-7-15(26)11-17(18)27/h5-11H,4,12H2,1-3H3,(H,28,31)(H,29,30). The Kier molecular flexibility index (Phi) is 9.51. The van der Waals surface area contributed by atoms with Crippen LogP contribution < -0.4 is 15.4 Å². The zero-order valence-corrected chi connectivity index (χ0v) is 22.3. The van der Waals surface area contributed by atoms with Crippen LogP contribution >= 0.6 is 34.5 Å². The number of thiophene rings is 1. The van der Waals surface area contributed by atoms with Crippen LogP contribution in [-0.4, -0.2) is 44.1 Å². The van der Waals surface area contributed by atoms with Gasteiger partial charge in [-0.3, -0.25) is 9.59 Å². The molecule has 0 fully saturated rings. The highest BCUT2D eigenvalue weighted by Gasteiger charge is 2.26. The Labute approximate surface area is 226 Å². The molecule has 0 saturated carbocycles. The minimum Gasteiger partial charge on any atom is -0.482 e. The van der Waals surface area contributed by atoms with E-state index in [0.29, 0.717) is 21.8 Å². The molecule has 12 heteroatoms. The molecule has 37 heavy (non-hydrogen) atoms. The molecule has 0 radical (unpaired) electrons. The molecule has 1 aromatic heterocycles. The normalized spacial score (nSPS) is 10.4. The third-order valence-corrected chi connectivity index (χ3v) is 6.64. The highest BCUT2D eigenvalue weighted by molar-refractivity contribution is 7.19. The van der Waals surface area contributed by atoms with Crippen molar-refractivity contribution in [1.82, 2.24) is 0 Å². The summed E-state index contributed by atoms with van der Waals surface area (Å²) in [5.41, 5.74) is 1.14. The number of anilines is 2. The van der Waals surface area contributed by atoms with E-state index >= 15 is 0 Å². The third kappa shape index (κ3) is 7.00. The van der Waals surface area contributed by atoms with Gasteiger partial charge in [0.25, 0.3) is 11.8 Å². The molecule has 3 rings (SSSR count). The first-order valence-electron chi connectivity index (χ1n) is 10.8. The monoisotopic (exact) mass is 564 g/mol. The second kappa shape index (κ2) is 12.6. The van der Waals surface area contributed by atoms with E-state index in [9.17, 15) is 19.2 Å². The largest absolute Gasteiger partial charge is 0.482 e. The predicted octanol–water partition coefficient (Wildman–Crippen LogP) is 5.60. The molecule has 9 nitrogen and oxygen atoms in total. The number of hydrogen-bond donors (Lipinski definition) is 2. The quantitative estimate of drug-likeness (QED) is 0.324. The van der Waals surface area contributed by atoms with Gasteiger partial charge in [-0.25, -0.2) is 9.59 Å². The van der Waals surface area contributed by atoms with Crippen molar-refractivity contribution < 1.29 is 33.4 Å². The lowest BCUT2D eigenvalue weighted by Crippen LogP contribution is -2.21. The van der Waals surface area contributed by atoms with Gasteiger partial charge in [0, 0.05) is 10.7 Å². The number of hydrogen-bond acceptors (Lipinski definition) is 8. The van der Waals surface area contributed by atoms with Gasteiger partial charge < -0.3 is 24.8 Å². The number of esters is 2. The van der Waals surface area contributed by atoms with Gasteiger partial charge in [-0.2, -0.15) is 0 Å². The maximum Gasteiger partial charge on any atom is 0.341 e. The molecule has 3 aromatic rings. The molecule has 0 aliphatic heterocycles. The number of carbonyl (C=O) groups excluding carboxylic acids is 4. The molecule has 0 spiro atoms. The van der Waals surface area contributed by atoms with Gasteiger partial charge in [-0.05, 0) is 61.9 Å². The molecule has 1 heterocycles. The molecule has 194 valence electrons. The predicted molar refractivity (Wildman–Crippen MR) is 141 cm³/mol. The van der Waals surface area contributed by atoms with Gasteiger partial charge in [0.2, 0.25) is 0 Å². The summed E-state index contributed by atoms with van der Waals surface area (Å²) in [6.45, 7) is 3.11. The fourth-order valence-corrected chi connectivity index (χ4v) is 4.73. The van der Waals surface area contributed by atoms with Crippen molar-refractivity contribution in [2.75, 3.05) is 31.0 Å². The number of methoxy groups -OCH3 is 1. The molecule has 0 bridgehead atoms. The van der Waals surface area contributed by atoms with Crippen LogP contribution in [0.1, 0.15) is 42.9 Å². The highest BCUT2D eigenvalue weighted by atomic mass is 35.5. The zero-order chi connectivity index (χ0) is 27.1. The van der Waals surface area contributed by atoms with Crippen LogP contribution in [0.2, 0.25) is 10.0 Å². The summed E-state index contributed by atoms with van der Waals surface area (Å²) < 4.78 is 15.2.